The Hall–Kier alpha value is -4.32. The Morgan fingerprint density at radius 3 is 2.49 bits per heavy atom. The molecule has 2 saturated carbocycles. The number of fused-ring (bicyclic) bond motifs is 7. The van der Waals surface area contributed by atoms with E-state index in [-0.39, 0.29) is 54.6 Å². The fraction of sp³-hybridized carbons (Fsp3) is 0.684. The highest BCUT2D eigenvalue weighted by atomic mass is 32.1. The molecule has 8 aliphatic heterocycles. The molecule has 0 spiro atoms. The molecule has 9 fully saturated rings. The van der Waals surface area contributed by atoms with Crippen LogP contribution in [0.4, 0.5) is 10.5 Å². The summed E-state index contributed by atoms with van der Waals surface area (Å²) in [4.78, 5) is 50.6. The Kier molecular flexibility index (Phi) is 13.6. The Labute approximate surface area is 455 Å². The molecular weight excluding hydrogens is 999 g/mol. The third-order valence-electron chi connectivity index (χ3n) is 19.3. The number of aromatic nitrogens is 3. The number of hydrogen-bond acceptors (Lipinski definition) is 16. The number of nitrogens with one attached hydrogen (secondary N) is 3. The molecule has 0 radical (unpaired) electrons. The number of aliphatic hydroxyl groups is 1. The SMILES string of the molecule is CN[C@@H]1c2ncc(N3CCN(C4CC4)CC3)cc2-c2c3c4cc(ccc4n2CCOC2CCOCC2)-c2csc(n2)[C@@H](N2CCOCC2)[C@H](NC(=O)N2C[C@@H]4COCC[C@@H]42)C(=O)N2N[C@@H](C4CC2C4)C(O)OCC(C)(C)C31. The van der Waals surface area contributed by atoms with Gasteiger partial charge in [0, 0.05) is 130 Å². The number of pyridine rings is 1. The van der Waals surface area contributed by atoms with E-state index in [1.165, 1.54) is 29.7 Å². The van der Waals surface area contributed by atoms with Crippen molar-refractivity contribution in [1.29, 1.82) is 0 Å². The van der Waals surface area contributed by atoms with Crippen LogP contribution in [-0.4, -0.2) is 200 Å². The number of benzene rings is 1. The van der Waals surface area contributed by atoms with Gasteiger partial charge in [-0.05, 0) is 87.1 Å². The fourth-order valence-corrected chi connectivity index (χ4v) is 15.8. The van der Waals surface area contributed by atoms with Gasteiger partial charge in [0.25, 0.3) is 5.91 Å². The standard InChI is InChI=1S/C57H77N11O8S/c1-57(2)32-76-55(70)47-34-24-37(25-34)68(62-47)54(69)50(61-56(71)67-29-35-30-74-20-10-43(35)67)52(65-15-21-73-22-16-65)53-60-42(31-77-53)33-4-7-44-40(26-33)45-46(57)49(58-3)48-41(51(45)66(44)17-23-75-39-8-18-72-19-9-39)27-38(28-59-48)64-13-11-63(12-14-64)36-5-6-36/h4,7,26-28,31,34-37,39,43,46-47,49-50,52,55,58,62,70H,5-6,8-25,29-30,32H2,1-3H3,(H,61,71)/t34?,35-,37?,43+,46?,47+,49+,50+,52+,55?/m1/s1. The lowest BCUT2D eigenvalue weighted by Gasteiger charge is -2.55. The van der Waals surface area contributed by atoms with Gasteiger partial charge >= 0.3 is 6.03 Å². The van der Waals surface area contributed by atoms with Crippen LogP contribution >= 0.6 is 11.3 Å². The highest BCUT2D eigenvalue weighted by molar-refractivity contribution is 7.10. The van der Waals surface area contributed by atoms with E-state index in [0.717, 1.165) is 114 Å². The number of anilines is 1. The van der Waals surface area contributed by atoms with E-state index in [9.17, 15) is 9.90 Å². The minimum absolute atomic E-state index is 0.0744. The lowest BCUT2D eigenvalue weighted by Crippen LogP contribution is -2.73. The first-order chi connectivity index (χ1) is 37.6. The molecule has 4 aromatic rings. The van der Waals surface area contributed by atoms with E-state index < -0.39 is 29.8 Å². The van der Waals surface area contributed by atoms with E-state index in [4.69, 9.17) is 33.7 Å². The number of urea groups is 1. The molecule has 20 heteroatoms. The van der Waals surface area contributed by atoms with Crippen LogP contribution in [0.2, 0.25) is 0 Å². The number of thiazole rings is 1. The first-order valence-electron chi connectivity index (χ1n) is 28.9. The van der Waals surface area contributed by atoms with Crippen LogP contribution in [0.3, 0.4) is 0 Å². The molecule has 3 amide bonds. The van der Waals surface area contributed by atoms with Gasteiger partial charge in [-0.1, -0.05) is 19.9 Å². The maximum atomic E-state index is 15.6. The zero-order valence-electron chi connectivity index (χ0n) is 44.9. The number of piperazine rings is 1. The Bertz CT molecular complexity index is 2830. The lowest BCUT2D eigenvalue weighted by molar-refractivity contribution is -0.202. The monoisotopic (exact) mass is 1080 g/mol. The number of likely N-dealkylation sites (tertiary alicyclic amines) is 1. The van der Waals surface area contributed by atoms with E-state index in [1.807, 2.05) is 11.9 Å². The number of hydrogen-bond donors (Lipinski definition) is 4. The number of carbonyl (C=O) groups is 2. The molecule has 19 nitrogen and oxygen atoms in total. The molecule has 4 N–H and O–H groups in total. The number of amides is 3. The van der Waals surface area contributed by atoms with Crippen molar-refractivity contribution in [1.82, 2.24) is 50.3 Å². The Balaban J connectivity index is 0.911. The molecule has 15 rings (SSSR count). The topological polar surface area (TPSA) is 184 Å². The van der Waals surface area contributed by atoms with Gasteiger partial charge in [0.2, 0.25) is 0 Å². The van der Waals surface area contributed by atoms with Crippen molar-refractivity contribution in [3.05, 3.63) is 52.1 Å². The van der Waals surface area contributed by atoms with Crippen molar-refractivity contribution in [3.8, 4) is 22.5 Å². The number of carbonyl (C=O) groups excluding carboxylic acids is 2. The van der Waals surface area contributed by atoms with E-state index in [1.54, 1.807) is 5.01 Å². The van der Waals surface area contributed by atoms with Gasteiger partial charge in [-0.3, -0.25) is 24.6 Å². The van der Waals surface area contributed by atoms with Gasteiger partial charge in [-0.15, -0.1) is 11.3 Å². The average molecular weight is 1080 g/mol. The largest absolute Gasteiger partial charge is 0.381 e. The Morgan fingerprint density at radius 1 is 0.922 bits per heavy atom. The molecule has 11 heterocycles. The van der Waals surface area contributed by atoms with Crippen molar-refractivity contribution >= 4 is 39.9 Å². The summed E-state index contributed by atoms with van der Waals surface area (Å²) in [5.74, 6) is -0.00311. The summed E-state index contributed by atoms with van der Waals surface area (Å²) < 4.78 is 33.4. The number of likely N-dealkylation sites (N-methyl/N-ethyl adjacent to an activating group) is 1. The molecule has 7 saturated heterocycles. The van der Waals surface area contributed by atoms with Crippen LogP contribution in [0, 0.1) is 17.3 Å². The van der Waals surface area contributed by atoms with Gasteiger partial charge in [0.15, 0.2) is 6.29 Å². The summed E-state index contributed by atoms with van der Waals surface area (Å²) >= 11 is 1.54. The van der Waals surface area contributed by atoms with Crippen molar-refractivity contribution in [2.45, 2.75) is 126 Å². The number of ether oxygens (including phenoxy) is 5. The van der Waals surface area contributed by atoms with Gasteiger partial charge in [-0.25, -0.2) is 15.2 Å². The highest BCUT2D eigenvalue weighted by Gasteiger charge is 2.54. The summed E-state index contributed by atoms with van der Waals surface area (Å²) in [6.07, 6.45) is 7.64. The third kappa shape index (κ3) is 9.18. The lowest BCUT2D eigenvalue weighted by atomic mass is 9.66. The van der Waals surface area contributed by atoms with Crippen molar-refractivity contribution < 1.29 is 38.4 Å². The summed E-state index contributed by atoms with van der Waals surface area (Å²) in [7, 11) is 2.04. The third-order valence-corrected chi connectivity index (χ3v) is 20.2. The average Bonchev–Trinajstić information content (AvgIpc) is 4.27. The number of hydrazine groups is 1. The molecule has 8 bridgehead atoms. The number of rotatable bonds is 9. The second kappa shape index (κ2) is 20.7. The van der Waals surface area contributed by atoms with Gasteiger partial charge in [-0.2, -0.15) is 0 Å². The number of aliphatic hydroxyl groups excluding tert-OH is 1. The molecule has 1 aromatic carbocycles. The van der Waals surface area contributed by atoms with Crippen molar-refractivity contribution in [2.24, 2.45) is 17.3 Å². The smallest absolute Gasteiger partial charge is 0.318 e. The zero-order chi connectivity index (χ0) is 52.1. The van der Waals surface area contributed by atoms with Crippen LogP contribution in [0.15, 0.2) is 35.8 Å². The molecule has 8 atom stereocenters. The minimum Gasteiger partial charge on any atom is -0.381 e. The zero-order valence-corrected chi connectivity index (χ0v) is 45.8. The normalized spacial score (nSPS) is 32.7. The van der Waals surface area contributed by atoms with Crippen LogP contribution in [0.5, 0.6) is 0 Å². The second-order valence-electron chi connectivity index (χ2n) is 24.3. The first kappa shape index (κ1) is 50.9. The first-order valence-corrected chi connectivity index (χ1v) is 29.8. The second-order valence-corrected chi connectivity index (χ2v) is 25.2. The number of morpholine rings is 1. The predicted molar refractivity (Wildman–Crippen MR) is 290 cm³/mol. The summed E-state index contributed by atoms with van der Waals surface area (Å²) in [5, 5.41) is 25.2. The molecule has 414 valence electrons. The van der Waals surface area contributed by atoms with Gasteiger partial charge in [0.05, 0.1) is 86.2 Å². The van der Waals surface area contributed by atoms with Crippen LogP contribution in [0.25, 0.3) is 33.4 Å². The highest BCUT2D eigenvalue weighted by Crippen LogP contribution is 2.57. The molecule has 3 aromatic heterocycles. The Morgan fingerprint density at radius 2 is 1.71 bits per heavy atom. The number of nitrogens with zero attached hydrogens (tertiary/aromatic N) is 8. The maximum Gasteiger partial charge on any atom is 0.318 e. The predicted octanol–water partition coefficient (Wildman–Crippen LogP) is 4.71. The van der Waals surface area contributed by atoms with Gasteiger partial charge < -0.3 is 53.8 Å². The molecule has 77 heavy (non-hydrogen) atoms. The van der Waals surface area contributed by atoms with Gasteiger partial charge in [0.1, 0.15) is 11.0 Å². The van der Waals surface area contributed by atoms with Crippen LogP contribution in [0.1, 0.15) is 93.1 Å². The fourth-order valence-electron chi connectivity index (χ4n) is 14.8. The molecule has 3 aliphatic carbocycles. The van der Waals surface area contributed by atoms with E-state index in [2.05, 4.69) is 85.0 Å². The van der Waals surface area contributed by atoms with Crippen LogP contribution in [-0.2, 0) is 35.0 Å². The minimum atomic E-state index is -1.22. The maximum absolute atomic E-state index is 15.6. The molecular formula is C57H77N11O8S. The van der Waals surface area contributed by atoms with E-state index in [0.29, 0.717) is 78.3 Å². The summed E-state index contributed by atoms with van der Waals surface area (Å²) in [6, 6.07) is 7.33. The summed E-state index contributed by atoms with van der Waals surface area (Å²) in [6.45, 7) is 15.4. The van der Waals surface area contributed by atoms with E-state index >= 15 is 4.79 Å². The summed E-state index contributed by atoms with van der Waals surface area (Å²) in [5.41, 5.74) is 11.5. The quantitative estimate of drug-likeness (QED) is 0.181. The molecule has 2 unspecified atom stereocenters. The van der Waals surface area contributed by atoms with Crippen molar-refractivity contribution in [3.63, 3.8) is 0 Å². The van der Waals surface area contributed by atoms with Crippen molar-refractivity contribution in [2.75, 3.05) is 111 Å². The molecule has 11 aliphatic rings. The van der Waals surface area contributed by atoms with Crippen LogP contribution < -0.4 is 21.0 Å².